The highest BCUT2D eigenvalue weighted by Gasteiger charge is 2.31. The predicted molar refractivity (Wildman–Crippen MR) is 104 cm³/mol. The number of benzene rings is 1. The van der Waals surface area contributed by atoms with E-state index in [0.717, 1.165) is 11.1 Å². The Morgan fingerprint density at radius 3 is 2.90 bits per heavy atom. The molecule has 0 saturated carbocycles. The monoisotopic (exact) mass is 407 g/mol. The van der Waals surface area contributed by atoms with Crippen LogP contribution in [0.25, 0.3) is 10.9 Å². The van der Waals surface area contributed by atoms with Crippen LogP contribution in [0.4, 0.5) is 4.39 Å². The average Bonchev–Trinajstić information content (AvgIpc) is 3.40. The first-order valence-electron chi connectivity index (χ1n) is 9.59. The molecule has 1 aromatic carbocycles. The zero-order valence-electron chi connectivity index (χ0n) is 16.2. The molecule has 0 aliphatic carbocycles. The molecule has 8 nitrogen and oxygen atoms in total. The van der Waals surface area contributed by atoms with Crippen LogP contribution >= 0.6 is 0 Å². The van der Waals surface area contributed by atoms with Crippen molar-refractivity contribution in [2.45, 2.75) is 31.9 Å². The average molecular weight is 407 g/mol. The number of ether oxygens (including phenoxy) is 1. The van der Waals surface area contributed by atoms with E-state index in [1.165, 1.54) is 16.8 Å². The molecule has 1 fully saturated rings. The molecule has 1 aliphatic rings. The van der Waals surface area contributed by atoms with Crippen molar-refractivity contribution in [1.29, 1.82) is 0 Å². The van der Waals surface area contributed by atoms with Gasteiger partial charge in [-0.1, -0.05) is 17.3 Å². The molecule has 0 unspecified atom stereocenters. The molecule has 30 heavy (non-hydrogen) atoms. The molecular weight excluding hydrogens is 389 g/mol. The number of hydrogen-bond donors (Lipinski definition) is 0. The molecule has 2 atom stereocenters. The topological polar surface area (TPSA) is 95.9 Å². The second kappa shape index (κ2) is 7.42. The molecule has 1 saturated heterocycles. The van der Waals surface area contributed by atoms with Crippen LogP contribution in [0.15, 0.2) is 52.0 Å². The number of rotatable bonds is 4. The van der Waals surface area contributed by atoms with Crippen molar-refractivity contribution < 1.29 is 13.7 Å². The second-order valence-electron chi connectivity index (χ2n) is 7.35. The maximum atomic E-state index is 13.1. The Morgan fingerprint density at radius 1 is 1.23 bits per heavy atom. The largest absolute Gasteiger partial charge is 0.373 e. The molecule has 0 amide bonds. The number of pyridine rings is 1. The van der Waals surface area contributed by atoms with Crippen molar-refractivity contribution in [1.82, 2.24) is 24.9 Å². The van der Waals surface area contributed by atoms with Crippen LogP contribution in [-0.4, -0.2) is 31.5 Å². The molecule has 4 heterocycles. The third kappa shape index (κ3) is 3.37. The van der Waals surface area contributed by atoms with Crippen molar-refractivity contribution >= 4 is 10.9 Å². The quantitative estimate of drug-likeness (QED) is 0.513. The minimum atomic E-state index is -0.278. The van der Waals surface area contributed by atoms with Crippen molar-refractivity contribution in [3.63, 3.8) is 0 Å². The highest BCUT2D eigenvalue weighted by atomic mass is 19.1. The third-order valence-electron chi connectivity index (χ3n) is 5.33. The molecule has 0 radical (unpaired) electrons. The Hall–Kier alpha value is -3.46. The fourth-order valence-electron chi connectivity index (χ4n) is 3.72. The van der Waals surface area contributed by atoms with Crippen molar-refractivity contribution in [3.05, 3.63) is 81.7 Å². The summed E-state index contributed by atoms with van der Waals surface area (Å²) < 4.78 is 25.6. The van der Waals surface area contributed by atoms with Gasteiger partial charge in [-0.15, -0.1) is 0 Å². The van der Waals surface area contributed by atoms with Gasteiger partial charge in [0.15, 0.2) is 5.82 Å². The maximum Gasteiger partial charge on any atom is 0.276 e. The zero-order valence-corrected chi connectivity index (χ0v) is 16.2. The molecule has 0 spiro atoms. The van der Waals surface area contributed by atoms with Crippen LogP contribution in [0.1, 0.15) is 41.3 Å². The van der Waals surface area contributed by atoms with E-state index in [9.17, 15) is 9.18 Å². The minimum Gasteiger partial charge on any atom is -0.373 e. The third-order valence-corrected chi connectivity index (χ3v) is 5.33. The number of aryl methyl sites for hydroxylation is 1. The van der Waals surface area contributed by atoms with E-state index in [-0.39, 0.29) is 29.9 Å². The molecular formula is C21H18FN5O3. The standard InChI is InChI=1S/C21H18FN5O3/c1-12-6-7-23-16-9-24-27(21(28)19(12)16)10-18-25-20(26-30-18)14-8-17(29-11-14)13-2-4-15(22)5-3-13/h2-7,9,14,17H,8,10-11H2,1H3/t14-,17+/m0/s1. The summed E-state index contributed by atoms with van der Waals surface area (Å²) in [5.41, 5.74) is 2.05. The molecule has 0 N–H and O–H groups in total. The van der Waals surface area contributed by atoms with Gasteiger partial charge in [0, 0.05) is 12.1 Å². The summed E-state index contributed by atoms with van der Waals surface area (Å²) in [6.45, 7) is 2.38. The van der Waals surface area contributed by atoms with Gasteiger partial charge in [0.05, 0.1) is 29.8 Å². The Labute approximate surface area is 170 Å². The number of nitrogens with zero attached hydrogens (tertiary/aromatic N) is 5. The van der Waals surface area contributed by atoms with E-state index >= 15 is 0 Å². The lowest BCUT2D eigenvalue weighted by atomic mass is 10.00. The van der Waals surface area contributed by atoms with E-state index in [0.29, 0.717) is 35.6 Å². The van der Waals surface area contributed by atoms with Crippen LogP contribution in [0.2, 0.25) is 0 Å². The number of aromatic nitrogens is 5. The van der Waals surface area contributed by atoms with Gasteiger partial charge in [0.2, 0.25) is 5.89 Å². The predicted octanol–water partition coefficient (Wildman–Crippen LogP) is 2.92. The summed E-state index contributed by atoms with van der Waals surface area (Å²) in [5, 5.41) is 8.76. The Kier molecular flexibility index (Phi) is 4.59. The minimum absolute atomic E-state index is 0.0368. The number of halogens is 1. The summed E-state index contributed by atoms with van der Waals surface area (Å²) in [6, 6.07) is 8.07. The molecule has 152 valence electrons. The van der Waals surface area contributed by atoms with Crippen LogP contribution in [0, 0.1) is 12.7 Å². The first kappa shape index (κ1) is 18.6. The molecule has 5 rings (SSSR count). The molecule has 1 aliphatic heterocycles. The lowest BCUT2D eigenvalue weighted by Crippen LogP contribution is -2.24. The maximum absolute atomic E-state index is 13.1. The summed E-state index contributed by atoms with van der Waals surface area (Å²) in [5.74, 6) is 0.511. The zero-order chi connectivity index (χ0) is 20.7. The molecule has 4 aromatic rings. The van der Waals surface area contributed by atoms with E-state index in [1.54, 1.807) is 30.6 Å². The van der Waals surface area contributed by atoms with Crippen molar-refractivity contribution in [2.24, 2.45) is 0 Å². The van der Waals surface area contributed by atoms with Gasteiger partial charge in [0.25, 0.3) is 5.56 Å². The van der Waals surface area contributed by atoms with Crippen molar-refractivity contribution in [3.8, 4) is 0 Å². The summed E-state index contributed by atoms with van der Waals surface area (Å²) in [6.07, 6.45) is 3.73. The highest BCUT2D eigenvalue weighted by molar-refractivity contribution is 5.79. The smallest absolute Gasteiger partial charge is 0.276 e. The SMILES string of the molecule is Cc1ccnc2cnn(Cc3nc([C@@H]4CO[C@@H](c5ccc(F)cc5)C4)no3)c(=O)c12. The van der Waals surface area contributed by atoms with Crippen LogP contribution in [0.5, 0.6) is 0 Å². The van der Waals surface area contributed by atoms with Gasteiger partial charge < -0.3 is 9.26 Å². The number of fused-ring (bicyclic) bond motifs is 1. The lowest BCUT2D eigenvalue weighted by Gasteiger charge is -2.08. The van der Waals surface area contributed by atoms with Gasteiger partial charge in [-0.05, 0) is 42.7 Å². The highest BCUT2D eigenvalue weighted by Crippen LogP contribution is 2.37. The fraction of sp³-hybridized carbons (Fsp3) is 0.286. The first-order valence-corrected chi connectivity index (χ1v) is 9.59. The lowest BCUT2D eigenvalue weighted by molar-refractivity contribution is 0.110. The Balaban J connectivity index is 1.34. The molecule has 3 aromatic heterocycles. The van der Waals surface area contributed by atoms with E-state index in [4.69, 9.17) is 9.26 Å². The number of hydrogen-bond acceptors (Lipinski definition) is 7. The molecule has 9 heteroatoms. The van der Waals surface area contributed by atoms with Gasteiger partial charge in [-0.3, -0.25) is 9.78 Å². The van der Waals surface area contributed by atoms with E-state index < -0.39 is 0 Å². The molecule has 0 bridgehead atoms. The van der Waals surface area contributed by atoms with E-state index in [2.05, 4.69) is 20.2 Å². The summed E-state index contributed by atoms with van der Waals surface area (Å²) in [7, 11) is 0. The van der Waals surface area contributed by atoms with Crippen LogP contribution in [-0.2, 0) is 11.3 Å². The summed E-state index contributed by atoms with van der Waals surface area (Å²) >= 11 is 0. The first-order chi connectivity index (χ1) is 14.6. The van der Waals surface area contributed by atoms with Gasteiger partial charge in [-0.25, -0.2) is 9.07 Å². The second-order valence-corrected chi connectivity index (χ2v) is 7.35. The van der Waals surface area contributed by atoms with Crippen LogP contribution < -0.4 is 5.56 Å². The normalized spacial score (nSPS) is 18.9. The van der Waals surface area contributed by atoms with Gasteiger partial charge in [0.1, 0.15) is 12.4 Å². The fourth-order valence-corrected chi connectivity index (χ4v) is 3.72. The Bertz CT molecular complexity index is 1270. The van der Waals surface area contributed by atoms with Crippen LogP contribution in [0.3, 0.4) is 0 Å². The summed E-state index contributed by atoms with van der Waals surface area (Å²) in [4.78, 5) is 21.4. The van der Waals surface area contributed by atoms with E-state index in [1.807, 2.05) is 6.92 Å². The van der Waals surface area contributed by atoms with Crippen molar-refractivity contribution in [2.75, 3.05) is 6.61 Å². The van der Waals surface area contributed by atoms with Gasteiger partial charge >= 0.3 is 0 Å². The Morgan fingerprint density at radius 2 is 2.07 bits per heavy atom. The van der Waals surface area contributed by atoms with Gasteiger partial charge in [-0.2, -0.15) is 10.1 Å².